The normalized spacial score (nSPS) is 15.3. The maximum absolute atomic E-state index is 13.4. The lowest BCUT2D eigenvalue weighted by atomic mass is 10.3. The maximum Gasteiger partial charge on any atom is 0.243 e. The molecular formula is C15H20FN3O4S. The molecule has 2 amide bonds. The largest absolute Gasteiger partial charge is 0.339 e. The SMILES string of the molecule is CC(=O)N1CCN(C(=O)CN(c2cccc(F)c2)S(C)(=O)=O)CC1. The number of anilines is 1. The van der Waals surface area contributed by atoms with Crippen LogP contribution < -0.4 is 4.31 Å². The van der Waals surface area contributed by atoms with Crippen molar-refractivity contribution in [3.8, 4) is 0 Å². The molecule has 24 heavy (non-hydrogen) atoms. The van der Waals surface area contributed by atoms with Gasteiger partial charge in [0, 0.05) is 33.1 Å². The Morgan fingerprint density at radius 1 is 1.17 bits per heavy atom. The molecule has 132 valence electrons. The molecule has 0 saturated carbocycles. The summed E-state index contributed by atoms with van der Waals surface area (Å²) >= 11 is 0. The first-order valence-corrected chi connectivity index (χ1v) is 9.30. The van der Waals surface area contributed by atoms with Gasteiger partial charge in [0.2, 0.25) is 21.8 Å². The van der Waals surface area contributed by atoms with Crippen LogP contribution in [-0.4, -0.2) is 69.0 Å². The third-order valence-electron chi connectivity index (χ3n) is 3.85. The van der Waals surface area contributed by atoms with E-state index in [-0.39, 0.29) is 17.5 Å². The van der Waals surface area contributed by atoms with Gasteiger partial charge in [0.05, 0.1) is 11.9 Å². The van der Waals surface area contributed by atoms with E-state index in [1.807, 2.05) is 0 Å². The van der Waals surface area contributed by atoms with E-state index in [0.29, 0.717) is 26.2 Å². The Hall–Kier alpha value is -2.16. The fraction of sp³-hybridized carbons (Fsp3) is 0.467. The second-order valence-electron chi connectivity index (χ2n) is 5.64. The van der Waals surface area contributed by atoms with Crippen molar-refractivity contribution in [2.45, 2.75) is 6.92 Å². The quantitative estimate of drug-likeness (QED) is 0.776. The molecule has 1 aliphatic rings. The number of hydrogen-bond donors (Lipinski definition) is 0. The average molecular weight is 357 g/mol. The molecule has 0 atom stereocenters. The number of benzene rings is 1. The third kappa shape index (κ3) is 4.44. The van der Waals surface area contributed by atoms with Gasteiger partial charge in [-0.05, 0) is 18.2 Å². The fourth-order valence-corrected chi connectivity index (χ4v) is 3.37. The summed E-state index contributed by atoms with van der Waals surface area (Å²) in [5.74, 6) is -1.02. The van der Waals surface area contributed by atoms with Crippen LogP contribution in [0.4, 0.5) is 10.1 Å². The van der Waals surface area contributed by atoms with Gasteiger partial charge in [-0.3, -0.25) is 13.9 Å². The molecule has 0 unspecified atom stereocenters. The summed E-state index contributed by atoms with van der Waals surface area (Å²) in [7, 11) is -3.74. The number of hydrogen-bond acceptors (Lipinski definition) is 4. The van der Waals surface area contributed by atoms with Crippen molar-refractivity contribution in [2.24, 2.45) is 0 Å². The van der Waals surface area contributed by atoms with Gasteiger partial charge in [-0.1, -0.05) is 6.07 Å². The van der Waals surface area contributed by atoms with E-state index in [4.69, 9.17) is 0 Å². The van der Waals surface area contributed by atoms with Crippen LogP contribution in [0.3, 0.4) is 0 Å². The van der Waals surface area contributed by atoms with E-state index in [1.165, 1.54) is 30.0 Å². The van der Waals surface area contributed by atoms with E-state index in [2.05, 4.69) is 0 Å². The van der Waals surface area contributed by atoms with Crippen LogP contribution in [0.25, 0.3) is 0 Å². The van der Waals surface area contributed by atoms with Crippen molar-refractivity contribution in [1.82, 2.24) is 9.80 Å². The molecule has 1 heterocycles. The molecule has 0 spiro atoms. The Balaban J connectivity index is 2.11. The van der Waals surface area contributed by atoms with Crippen LogP contribution >= 0.6 is 0 Å². The maximum atomic E-state index is 13.4. The van der Waals surface area contributed by atoms with Gasteiger partial charge in [-0.15, -0.1) is 0 Å². The van der Waals surface area contributed by atoms with Crippen molar-refractivity contribution in [3.63, 3.8) is 0 Å². The Kier molecular flexibility index (Phi) is 5.43. The Morgan fingerprint density at radius 3 is 2.25 bits per heavy atom. The molecule has 0 aliphatic carbocycles. The number of carbonyl (C=O) groups is 2. The fourth-order valence-electron chi connectivity index (χ4n) is 2.52. The zero-order valence-corrected chi connectivity index (χ0v) is 14.4. The Bertz CT molecular complexity index is 730. The predicted octanol–water partition coefficient (Wildman–Crippen LogP) is 0.282. The van der Waals surface area contributed by atoms with Crippen LogP contribution in [-0.2, 0) is 19.6 Å². The monoisotopic (exact) mass is 357 g/mol. The molecule has 1 aromatic rings. The van der Waals surface area contributed by atoms with Crippen molar-refractivity contribution in [2.75, 3.05) is 43.3 Å². The number of rotatable bonds is 4. The van der Waals surface area contributed by atoms with Gasteiger partial charge in [0.15, 0.2) is 0 Å². The van der Waals surface area contributed by atoms with Crippen LogP contribution in [0.15, 0.2) is 24.3 Å². The molecule has 1 saturated heterocycles. The van der Waals surface area contributed by atoms with E-state index in [0.717, 1.165) is 16.6 Å². The van der Waals surface area contributed by atoms with Crippen LogP contribution in [0.1, 0.15) is 6.92 Å². The van der Waals surface area contributed by atoms with Gasteiger partial charge in [0.1, 0.15) is 12.4 Å². The molecule has 0 N–H and O–H groups in total. The molecule has 1 aliphatic heterocycles. The van der Waals surface area contributed by atoms with Crippen molar-refractivity contribution >= 4 is 27.5 Å². The molecule has 1 fully saturated rings. The highest BCUT2D eigenvalue weighted by atomic mass is 32.2. The van der Waals surface area contributed by atoms with E-state index < -0.39 is 22.4 Å². The highest BCUT2D eigenvalue weighted by Crippen LogP contribution is 2.19. The first-order chi connectivity index (χ1) is 11.2. The van der Waals surface area contributed by atoms with E-state index in [1.54, 1.807) is 4.90 Å². The summed E-state index contributed by atoms with van der Waals surface area (Å²) in [6.45, 7) is 2.59. The highest BCUT2D eigenvalue weighted by Gasteiger charge is 2.27. The van der Waals surface area contributed by atoms with E-state index in [9.17, 15) is 22.4 Å². The summed E-state index contributed by atoms with van der Waals surface area (Å²) < 4.78 is 38.2. The first kappa shape index (κ1) is 18.2. The standard InChI is InChI=1S/C15H20FN3O4S/c1-12(20)17-6-8-18(9-7-17)15(21)11-19(24(2,22)23)14-5-3-4-13(16)10-14/h3-5,10H,6-9,11H2,1-2H3. The molecule has 9 heteroatoms. The van der Waals surface area contributed by atoms with Gasteiger partial charge < -0.3 is 9.80 Å². The van der Waals surface area contributed by atoms with E-state index >= 15 is 0 Å². The topological polar surface area (TPSA) is 78.0 Å². The smallest absolute Gasteiger partial charge is 0.243 e. The lowest BCUT2D eigenvalue weighted by Crippen LogP contribution is -2.52. The second kappa shape index (κ2) is 7.16. The van der Waals surface area contributed by atoms with Crippen molar-refractivity contribution < 1.29 is 22.4 Å². The van der Waals surface area contributed by atoms with Crippen molar-refractivity contribution in [1.29, 1.82) is 0 Å². The van der Waals surface area contributed by atoms with Gasteiger partial charge in [0.25, 0.3) is 0 Å². The second-order valence-corrected chi connectivity index (χ2v) is 7.54. The lowest BCUT2D eigenvalue weighted by Gasteiger charge is -2.35. The van der Waals surface area contributed by atoms with Crippen molar-refractivity contribution in [3.05, 3.63) is 30.1 Å². The van der Waals surface area contributed by atoms with Crippen LogP contribution in [0, 0.1) is 5.82 Å². The minimum atomic E-state index is -3.74. The van der Waals surface area contributed by atoms with Gasteiger partial charge in [-0.2, -0.15) is 0 Å². The summed E-state index contributed by atoms with van der Waals surface area (Å²) in [5, 5.41) is 0. The minimum absolute atomic E-state index is 0.0559. The predicted molar refractivity (Wildman–Crippen MR) is 87.4 cm³/mol. The van der Waals surface area contributed by atoms with Gasteiger partial charge in [-0.25, -0.2) is 12.8 Å². The number of sulfonamides is 1. The van der Waals surface area contributed by atoms with Crippen LogP contribution in [0.2, 0.25) is 0 Å². The van der Waals surface area contributed by atoms with Gasteiger partial charge >= 0.3 is 0 Å². The summed E-state index contributed by atoms with van der Waals surface area (Å²) in [6.07, 6.45) is 0.971. The highest BCUT2D eigenvalue weighted by molar-refractivity contribution is 7.92. The molecule has 0 bridgehead atoms. The number of halogens is 1. The summed E-state index contributed by atoms with van der Waals surface area (Å²) in [4.78, 5) is 26.9. The molecule has 0 radical (unpaired) electrons. The van der Waals surface area contributed by atoms with Crippen LogP contribution in [0.5, 0.6) is 0 Å². The molecule has 2 rings (SSSR count). The average Bonchev–Trinajstić information content (AvgIpc) is 2.51. The molecule has 7 nitrogen and oxygen atoms in total. The zero-order chi connectivity index (χ0) is 17.9. The minimum Gasteiger partial charge on any atom is -0.339 e. The number of piperazine rings is 1. The number of amides is 2. The Labute approximate surface area is 140 Å². The summed E-state index contributed by atoms with van der Waals surface area (Å²) in [6, 6.07) is 5.10. The third-order valence-corrected chi connectivity index (χ3v) is 4.99. The first-order valence-electron chi connectivity index (χ1n) is 7.45. The molecular weight excluding hydrogens is 337 g/mol. The molecule has 0 aromatic heterocycles. The Morgan fingerprint density at radius 2 is 1.75 bits per heavy atom. The summed E-state index contributed by atoms with van der Waals surface area (Å²) in [5.41, 5.74) is 0.105. The number of carbonyl (C=O) groups excluding carboxylic acids is 2. The molecule has 1 aromatic carbocycles. The zero-order valence-electron chi connectivity index (χ0n) is 13.6. The number of nitrogens with zero attached hydrogens (tertiary/aromatic N) is 3. The lowest BCUT2D eigenvalue weighted by molar-refractivity contribution is -0.137.